The average molecular weight is 345 g/mol. The van der Waals surface area contributed by atoms with E-state index in [4.69, 9.17) is 5.73 Å². The molecule has 0 amide bonds. The largest absolute Gasteiger partial charge is 0.441 e. The van der Waals surface area contributed by atoms with Crippen LogP contribution < -0.4 is 10.5 Å². The predicted octanol–water partition coefficient (Wildman–Crippen LogP) is 1.25. The lowest BCUT2D eigenvalue weighted by molar-refractivity contribution is -0.0327. The number of hydrogen-bond acceptors (Lipinski definition) is 5. The summed E-state index contributed by atoms with van der Waals surface area (Å²) in [6.45, 7) is -0.344. The van der Waals surface area contributed by atoms with Crippen molar-refractivity contribution in [2.75, 3.05) is 12.3 Å². The maximum atomic E-state index is 11.9. The minimum atomic E-state index is -4.38. The molecule has 11 heteroatoms. The summed E-state index contributed by atoms with van der Waals surface area (Å²) in [4.78, 5) is 3.59. The van der Waals surface area contributed by atoms with E-state index >= 15 is 0 Å². The number of thiocarbonyl (C=S) groups is 1. The van der Waals surface area contributed by atoms with E-state index in [1.165, 1.54) is 12.1 Å². The first-order valence-electron chi connectivity index (χ1n) is 5.08. The number of aromatic nitrogens is 1. The molecule has 1 aromatic rings. The van der Waals surface area contributed by atoms with Crippen LogP contribution in [0.1, 0.15) is 5.69 Å². The van der Waals surface area contributed by atoms with Crippen LogP contribution in [0.5, 0.6) is 0 Å². The van der Waals surface area contributed by atoms with Gasteiger partial charge < -0.3 is 5.73 Å². The van der Waals surface area contributed by atoms with Gasteiger partial charge in [-0.3, -0.25) is 4.98 Å². The molecule has 0 unspecified atom stereocenters. The highest BCUT2D eigenvalue weighted by Crippen LogP contribution is 2.29. The second kappa shape index (κ2) is 6.70. The van der Waals surface area contributed by atoms with Crippen LogP contribution in [0, 0.1) is 0 Å². The number of alkyl halides is 3. The lowest BCUT2D eigenvalue weighted by Gasteiger charge is -2.08. The molecule has 1 aromatic heterocycles. The van der Waals surface area contributed by atoms with Gasteiger partial charge in [0.15, 0.2) is 0 Å². The highest BCUT2D eigenvalue weighted by molar-refractivity contribution is 8.00. The Morgan fingerprint density at radius 1 is 1.45 bits per heavy atom. The van der Waals surface area contributed by atoms with Gasteiger partial charge >= 0.3 is 5.51 Å². The van der Waals surface area contributed by atoms with Gasteiger partial charge in [-0.15, -0.1) is 0 Å². The van der Waals surface area contributed by atoms with Crippen molar-refractivity contribution in [1.82, 2.24) is 9.71 Å². The number of sulfonamides is 1. The number of halogens is 3. The van der Waals surface area contributed by atoms with Crippen LogP contribution in [-0.2, 0) is 10.0 Å². The molecule has 0 aliphatic heterocycles. The van der Waals surface area contributed by atoms with Crippen molar-refractivity contribution in [3.05, 3.63) is 24.0 Å². The number of nitrogens with one attached hydrogen (secondary N) is 1. The summed E-state index contributed by atoms with van der Waals surface area (Å²) in [5, 5.41) is 0. The first-order chi connectivity index (χ1) is 9.12. The molecular weight excluding hydrogens is 335 g/mol. The minimum Gasteiger partial charge on any atom is -0.388 e. The Labute approximate surface area is 123 Å². The van der Waals surface area contributed by atoms with E-state index in [2.05, 4.69) is 17.2 Å². The van der Waals surface area contributed by atoms with Crippen LogP contribution in [0.3, 0.4) is 0 Å². The molecule has 1 rings (SSSR count). The Kier molecular flexibility index (Phi) is 5.74. The standard InChI is InChI=1S/C9H10F3N3O2S3/c10-9(11,12)19-4-3-15-20(16,17)6-1-2-7(8(13)18)14-5-6/h1-2,5,15H,3-4H2,(H2,13,18). The number of rotatable bonds is 6. The molecule has 1 heterocycles. The fourth-order valence-corrected chi connectivity index (χ4v) is 2.77. The summed E-state index contributed by atoms with van der Waals surface area (Å²) >= 11 is 4.36. The monoisotopic (exact) mass is 345 g/mol. The molecule has 0 aliphatic rings. The summed E-state index contributed by atoms with van der Waals surface area (Å²) in [5.41, 5.74) is 1.18. The van der Waals surface area contributed by atoms with Crippen LogP contribution in [-0.4, -0.2) is 36.2 Å². The van der Waals surface area contributed by atoms with Gasteiger partial charge in [-0.25, -0.2) is 13.1 Å². The lowest BCUT2D eigenvalue weighted by atomic mass is 10.3. The van der Waals surface area contributed by atoms with E-state index in [1.54, 1.807) is 0 Å². The molecule has 20 heavy (non-hydrogen) atoms. The number of pyridine rings is 1. The smallest absolute Gasteiger partial charge is 0.388 e. The molecule has 0 bridgehead atoms. The average Bonchev–Trinajstić information content (AvgIpc) is 2.34. The number of thioether (sulfide) groups is 1. The van der Waals surface area contributed by atoms with E-state index in [0.717, 1.165) is 6.20 Å². The zero-order valence-corrected chi connectivity index (χ0v) is 12.3. The van der Waals surface area contributed by atoms with Gasteiger partial charge in [0.2, 0.25) is 10.0 Å². The van der Waals surface area contributed by atoms with Crippen LogP contribution >= 0.6 is 24.0 Å². The maximum absolute atomic E-state index is 11.9. The fourth-order valence-electron chi connectivity index (χ4n) is 1.11. The van der Waals surface area contributed by atoms with Crippen molar-refractivity contribution in [1.29, 1.82) is 0 Å². The summed E-state index contributed by atoms with van der Waals surface area (Å²) < 4.78 is 61.1. The van der Waals surface area contributed by atoms with Gasteiger partial charge in [-0.2, -0.15) is 13.2 Å². The van der Waals surface area contributed by atoms with Crippen LogP contribution in [0.15, 0.2) is 23.2 Å². The van der Waals surface area contributed by atoms with E-state index in [1.807, 2.05) is 4.72 Å². The molecule has 5 nitrogen and oxygen atoms in total. The van der Waals surface area contributed by atoms with Gasteiger partial charge in [-0.05, 0) is 23.9 Å². The number of hydrogen-bond donors (Lipinski definition) is 2. The van der Waals surface area contributed by atoms with Gasteiger partial charge in [-0.1, -0.05) is 12.2 Å². The van der Waals surface area contributed by atoms with E-state index in [9.17, 15) is 21.6 Å². The molecule has 0 saturated heterocycles. The zero-order chi connectivity index (χ0) is 15.4. The Bertz CT molecular complexity index is 572. The Hall–Kier alpha value is -0.910. The lowest BCUT2D eigenvalue weighted by Crippen LogP contribution is -2.27. The first kappa shape index (κ1) is 17.1. The second-order valence-corrected chi connectivity index (χ2v) is 6.80. The Morgan fingerprint density at radius 3 is 2.55 bits per heavy atom. The normalized spacial score (nSPS) is 12.3. The van der Waals surface area contributed by atoms with Gasteiger partial charge in [0.05, 0.1) is 5.69 Å². The summed E-state index contributed by atoms with van der Waals surface area (Å²) in [6.07, 6.45) is 1.04. The van der Waals surface area contributed by atoms with Crippen LogP contribution in [0.4, 0.5) is 13.2 Å². The van der Waals surface area contributed by atoms with Gasteiger partial charge in [0.1, 0.15) is 9.88 Å². The van der Waals surface area contributed by atoms with Gasteiger partial charge in [0.25, 0.3) is 0 Å². The zero-order valence-electron chi connectivity index (χ0n) is 9.85. The summed E-state index contributed by atoms with van der Waals surface area (Å²) in [6, 6.07) is 2.54. The highest BCUT2D eigenvalue weighted by Gasteiger charge is 2.27. The molecule has 0 atom stereocenters. The van der Waals surface area contributed by atoms with Crippen molar-refractivity contribution in [3.8, 4) is 0 Å². The molecule has 0 spiro atoms. The van der Waals surface area contributed by atoms with Gasteiger partial charge in [0, 0.05) is 18.5 Å². The SMILES string of the molecule is NC(=S)c1ccc(S(=O)(=O)NCCSC(F)(F)F)cn1. The molecule has 0 aromatic carbocycles. The van der Waals surface area contributed by atoms with Crippen LogP contribution in [0.25, 0.3) is 0 Å². The van der Waals surface area contributed by atoms with Crippen molar-refractivity contribution >= 4 is 39.0 Å². The van der Waals surface area contributed by atoms with Crippen molar-refractivity contribution in [3.63, 3.8) is 0 Å². The molecular formula is C9H10F3N3O2S3. The predicted molar refractivity (Wildman–Crippen MR) is 73.8 cm³/mol. The molecule has 0 saturated carbocycles. The summed E-state index contributed by atoms with van der Waals surface area (Å²) in [5.74, 6) is -0.416. The topological polar surface area (TPSA) is 85.1 Å². The summed E-state index contributed by atoms with van der Waals surface area (Å²) in [7, 11) is -3.90. The maximum Gasteiger partial charge on any atom is 0.441 e. The second-order valence-electron chi connectivity index (χ2n) is 3.44. The third-order valence-corrected chi connectivity index (χ3v) is 4.35. The third-order valence-electron chi connectivity index (χ3n) is 1.96. The van der Waals surface area contributed by atoms with E-state index in [0.29, 0.717) is 0 Å². The molecule has 0 radical (unpaired) electrons. The van der Waals surface area contributed by atoms with Crippen LogP contribution in [0.2, 0.25) is 0 Å². The van der Waals surface area contributed by atoms with E-state index in [-0.39, 0.29) is 33.9 Å². The molecule has 112 valence electrons. The third kappa shape index (κ3) is 5.61. The molecule has 0 aliphatic carbocycles. The highest BCUT2D eigenvalue weighted by atomic mass is 32.2. The minimum absolute atomic E-state index is 0.0171. The van der Waals surface area contributed by atoms with Crippen molar-refractivity contribution < 1.29 is 21.6 Å². The quantitative estimate of drug-likeness (QED) is 0.596. The Balaban J connectivity index is 2.62. The van der Waals surface area contributed by atoms with Crippen molar-refractivity contribution in [2.24, 2.45) is 5.73 Å². The fraction of sp³-hybridized carbons (Fsp3) is 0.333. The first-order valence-corrected chi connectivity index (χ1v) is 7.96. The molecule has 3 N–H and O–H groups in total. The van der Waals surface area contributed by atoms with Crippen molar-refractivity contribution in [2.45, 2.75) is 10.4 Å². The number of nitrogens with zero attached hydrogens (tertiary/aromatic N) is 1. The number of nitrogens with two attached hydrogens (primary N) is 1. The van der Waals surface area contributed by atoms with E-state index < -0.39 is 21.3 Å². The molecule has 0 fully saturated rings. The Morgan fingerprint density at radius 2 is 2.10 bits per heavy atom.